The number of hydrogen-bond acceptors (Lipinski definition) is 4. The molecule has 0 unspecified atom stereocenters. The standard InChI is InChI=1S/C10H19N5O2/c1-15(10(17)5-6-11)8-9(16)4-2-3-7-13-14-12/h2-8,11H2,1H3. The summed E-state index contributed by atoms with van der Waals surface area (Å²) in [4.78, 5) is 26.8. The van der Waals surface area contributed by atoms with Gasteiger partial charge in [0.05, 0.1) is 6.54 Å². The number of nitrogens with two attached hydrogens (primary N) is 1. The molecule has 0 radical (unpaired) electrons. The van der Waals surface area contributed by atoms with Crippen molar-refractivity contribution in [3.05, 3.63) is 10.4 Å². The first-order valence-corrected chi connectivity index (χ1v) is 5.58. The Labute approximate surface area is 101 Å². The Balaban J connectivity index is 3.70. The minimum Gasteiger partial charge on any atom is -0.338 e. The second-order valence-electron chi connectivity index (χ2n) is 3.74. The number of amides is 1. The summed E-state index contributed by atoms with van der Waals surface area (Å²) in [5.74, 6) is -0.103. The van der Waals surface area contributed by atoms with Crippen LogP contribution in [-0.2, 0) is 9.59 Å². The van der Waals surface area contributed by atoms with Gasteiger partial charge in [-0.15, -0.1) is 0 Å². The fourth-order valence-electron chi connectivity index (χ4n) is 1.30. The molecule has 2 N–H and O–H groups in total. The van der Waals surface area contributed by atoms with Gasteiger partial charge in [0.2, 0.25) is 5.91 Å². The third kappa shape index (κ3) is 8.24. The van der Waals surface area contributed by atoms with Crippen LogP contribution in [0.4, 0.5) is 0 Å². The number of hydrogen-bond donors (Lipinski definition) is 1. The highest BCUT2D eigenvalue weighted by Gasteiger charge is 2.11. The second kappa shape index (κ2) is 9.62. The quantitative estimate of drug-likeness (QED) is 0.279. The monoisotopic (exact) mass is 241 g/mol. The number of rotatable bonds is 9. The van der Waals surface area contributed by atoms with Crippen molar-refractivity contribution in [1.82, 2.24) is 4.90 Å². The van der Waals surface area contributed by atoms with Gasteiger partial charge in [0, 0.05) is 37.9 Å². The zero-order valence-corrected chi connectivity index (χ0v) is 10.1. The average Bonchev–Trinajstić information content (AvgIpc) is 2.29. The van der Waals surface area contributed by atoms with Crippen molar-refractivity contribution in [3.8, 4) is 0 Å². The van der Waals surface area contributed by atoms with Gasteiger partial charge in [-0.3, -0.25) is 9.59 Å². The van der Waals surface area contributed by atoms with E-state index in [4.69, 9.17) is 11.3 Å². The van der Waals surface area contributed by atoms with Crippen molar-refractivity contribution in [3.63, 3.8) is 0 Å². The molecule has 0 heterocycles. The molecular weight excluding hydrogens is 222 g/mol. The third-order valence-corrected chi connectivity index (χ3v) is 2.22. The van der Waals surface area contributed by atoms with Crippen LogP contribution in [-0.4, -0.2) is 43.3 Å². The lowest BCUT2D eigenvalue weighted by atomic mass is 10.1. The van der Waals surface area contributed by atoms with Gasteiger partial charge in [-0.05, 0) is 18.4 Å². The zero-order valence-electron chi connectivity index (χ0n) is 10.1. The maximum absolute atomic E-state index is 11.5. The van der Waals surface area contributed by atoms with Crippen LogP contribution >= 0.6 is 0 Å². The maximum Gasteiger partial charge on any atom is 0.223 e. The Kier molecular flexibility index (Phi) is 8.72. The number of nitrogens with zero attached hydrogens (tertiary/aromatic N) is 4. The smallest absolute Gasteiger partial charge is 0.223 e. The summed E-state index contributed by atoms with van der Waals surface area (Å²) >= 11 is 0. The Bertz CT molecular complexity index is 299. The van der Waals surface area contributed by atoms with Crippen LogP contribution in [0.25, 0.3) is 10.4 Å². The van der Waals surface area contributed by atoms with Gasteiger partial charge < -0.3 is 10.6 Å². The van der Waals surface area contributed by atoms with Crippen molar-refractivity contribution in [2.75, 3.05) is 26.7 Å². The number of azide groups is 1. The molecule has 0 aromatic carbocycles. The first kappa shape index (κ1) is 15.4. The van der Waals surface area contributed by atoms with E-state index in [2.05, 4.69) is 10.0 Å². The zero-order chi connectivity index (χ0) is 13.1. The van der Waals surface area contributed by atoms with E-state index in [0.717, 1.165) is 0 Å². The number of ketones is 1. The highest BCUT2D eigenvalue weighted by molar-refractivity contribution is 5.85. The van der Waals surface area contributed by atoms with Gasteiger partial charge in [-0.2, -0.15) is 0 Å². The number of unbranched alkanes of at least 4 members (excludes halogenated alkanes) is 1. The molecule has 0 aliphatic rings. The number of likely N-dealkylation sites (N-methyl/N-ethyl adjacent to an activating group) is 1. The molecule has 0 saturated carbocycles. The van der Waals surface area contributed by atoms with Gasteiger partial charge >= 0.3 is 0 Å². The summed E-state index contributed by atoms with van der Waals surface area (Å²) in [7, 11) is 1.59. The minimum absolute atomic E-state index is 0.0128. The van der Waals surface area contributed by atoms with Crippen LogP contribution in [0.5, 0.6) is 0 Å². The highest BCUT2D eigenvalue weighted by atomic mass is 16.2. The van der Waals surface area contributed by atoms with Gasteiger partial charge in [-0.1, -0.05) is 5.11 Å². The van der Waals surface area contributed by atoms with Crippen LogP contribution in [0.15, 0.2) is 5.11 Å². The first-order valence-electron chi connectivity index (χ1n) is 5.58. The molecule has 0 aromatic heterocycles. The average molecular weight is 241 g/mol. The molecule has 0 fully saturated rings. The molecule has 0 atom stereocenters. The lowest BCUT2D eigenvalue weighted by Gasteiger charge is -2.15. The molecule has 96 valence electrons. The molecule has 0 rings (SSSR count). The molecule has 7 nitrogen and oxygen atoms in total. The summed E-state index contributed by atoms with van der Waals surface area (Å²) in [5.41, 5.74) is 13.3. The molecule has 0 bridgehead atoms. The van der Waals surface area contributed by atoms with Crippen molar-refractivity contribution in [1.29, 1.82) is 0 Å². The molecule has 0 aliphatic heterocycles. The molecule has 1 amide bonds. The van der Waals surface area contributed by atoms with Crippen LogP contribution in [0.2, 0.25) is 0 Å². The third-order valence-electron chi connectivity index (χ3n) is 2.22. The summed E-state index contributed by atoms with van der Waals surface area (Å²) < 4.78 is 0. The summed E-state index contributed by atoms with van der Waals surface area (Å²) in [6.07, 6.45) is 2.04. The largest absolute Gasteiger partial charge is 0.338 e. The molecule has 0 saturated heterocycles. The maximum atomic E-state index is 11.5. The molecule has 0 aliphatic carbocycles. The summed E-state index contributed by atoms with van der Waals surface area (Å²) in [6, 6.07) is 0. The van der Waals surface area contributed by atoms with E-state index in [0.29, 0.717) is 32.4 Å². The first-order chi connectivity index (χ1) is 8.11. The molecule has 17 heavy (non-hydrogen) atoms. The summed E-state index contributed by atoms with van der Waals surface area (Å²) in [6.45, 7) is 0.829. The van der Waals surface area contributed by atoms with E-state index in [1.165, 1.54) is 4.90 Å². The number of carbonyl (C=O) groups excluding carboxylic acids is 2. The molecule has 0 aromatic rings. The van der Waals surface area contributed by atoms with Crippen molar-refractivity contribution in [2.45, 2.75) is 25.7 Å². The lowest BCUT2D eigenvalue weighted by Crippen LogP contribution is -2.33. The van der Waals surface area contributed by atoms with Gasteiger partial charge in [0.1, 0.15) is 0 Å². The molecule has 7 heteroatoms. The fraction of sp³-hybridized carbons (Fsp3) is 0.800. The van der Waals surface area contributed by atoms with E-state index < -0.39 is 0 Å². The minimum atomic E-state index is -0.116. The number of carbonyl (C=O) groups is 2. The Hall–Kier alpha value is -1.59. The Morgan fingerprint density at radius 1 is 1.35 bits per heavy atom. The SMILES string of the molecule is CN(CC(=O)CCCCN=[N+]=[N-])C(=O)CCN. The fourth-order valence-corrected chi connectivity index (χ4v) is 1.30. The van der Waals surface area contributed by atoms with Crippen LogP contribution in [0.1, 0.15) is 25.7 Å². The summed E-state index contributed by atoms with van der Waals surface area (Å²) in [5, 5.41) is 3.37. The molecule has 0 spiro atoms. The van der Waals surface area contributed by atoms with Gasteiger partial charge in [-0.25, -0.2) is 0 Å². The van der Waals surface area contributed by atoms with Crippen LogP contribution < -0.4 is 5.73 Å². The van der Waals surface area contributed by atoms with Crippen LogP contribution in [0.3, 0.4) is 0 Å². The van der Waals surface area contributed by atoms with Crippen molar-refractivity contribution >= 4 is 11.7 Å². The van der Waals surface area contributed by atoms with E-state index in [9.17, 15) is 9.59 Å². The normalized spacial score (nSPS) is 9.53. The van der Waals surface area contributed by atoms with E-state index >= 15 is 0 Å². The van der Waals surface area contributed by atoms with Gasteiger partial charge in [0.15, 0.2) is 5.78 Å². The number of Topliss-reactive ketones (excluding diaryl/α,β-unsaturated/α-hetero) is 1. The predicted molar refractivity (Wildman–Crippen MR) is 64.2 cm³/mol. The van der Waals surface area contributed by atoms with Crippen molar-refractivity contribution in [2.24, 2.45) is 10.8 Å². The van der Waals surface area contributed by atoms with Gasteiger partial charge in [0.25, 0.3) is 0 Å². The predicted octanol–water partition coefficient (Wildman–Crippen LogP) is 0.843. The van der Waals surface area contributed by atoms with E-state index in [1.807, 2.05) is 0 Å². The Morgan fingerprint density at radius 3 is 2.65 bits per heavy atom. The van der Waals surface area contributed by atoms with E-state index in [-0.39, 0.29) is 24.7 Å². The lowest BCUT2D eigenvalue weighted by molar-refractivity contribution is -0.133. The second-order valence-corrected chi connectivity index (χ2v) is 3.74. The van der Waals surface area contributed by atoms with Crippen LogP contribution in [0, 0.1) is 0 Å². The Morgan fingerprint density at radius 2 is 2.06 bits per heavy atom. The molecular formula is C10H19N5O2. The van der Waals surface area contributed by atoms with Crippen molar-refractivity contribution < 1.29 is 9.59 Å². The highest BCUT2D eigenvalue weighted by Crippen LogP contribution is 1.99. The topological polar surface area (TPSA) is 112 Å². The van der Waals surface area contributed by atoms with E-state index in [1.54, 1.807) is 7.05 Å².